The summed E-state index contributed by atoms with van der Waals surface area (Å²) in [5.41, 5.74) is 2.23. The molecule has 2 heterocycles. The largest absolute Gasteiger partial charge is 0.494 e. The lowest BCUT2D eigenvalue weighted by Gasteiger charge is -2.11. The number of nitrogens with one attached hydrogen (secondary N) is 1. The predicted octanol–water partition coefficient (Wildman–Crippen LogP) is 4.43. The van der Waals surface area contributed by atoms with Gasteiger partial charge in [0, 0.05) is 47.9 Å². The van der Waals surface area contributed by atoms with Gasteiger partial charge in [-0.1, -0.05) is 18.2 Å². The predicted molar refractivity (Wildman–Crippen MR) is 107 cm³/mol. The molecular formula is C20H16FN5O3. The first kappa shape index (κ1) is 18.4. The third-order valence-electron chi connectivity index (χ3n) is 4.57. The molecule has 0 amide bonds. The van der Waals surface area contributed by atoms with Gasteiger partial charge in [0.2, 0.25) is 5.82 Å². The van der Waals surface area contributed by atoms with Crippen LogP contribution in [0.5, 0.6) is 5.75 Å². The Morgan fingerprint density at radius 2 is 2.00 bits per heavy atom. The van der Waals surface area contributed by atoms with Gasteiger partial charge < -0.3 is 14.6 Å². The number of aryl methyl sites for hydroxylation is 1. The van der Waals surface area contributed by atoms with Crippen molar-refractivity contribution in [1.29, 1.82) is 0 Å². The van der Waals surface area contributed by atoms with Crippen molar-refractivity contribution < 1.29 is 14.1 Å². The van der Waals surface area contributed by atoms with Gasteiger partial charge >= 0.3 is 5.69 Å². The molecule has 0 fully saturated rings. The van der Waals surface area contributed by atoms with Crippen molar-refractivity contribution in [3.05, 3.63) is 70.9 Å². The zero-order valence-electron chi connectivity index (χ0n) is 15.6. The zero-order valence-corrected chi connectivity index (χ0v) is 15.6. The Hall–Kier alpha value is -4.01. The second-order valence-electron chi connectivity index (χ2n) is 6.35. The third-order valence-corrected chi connectivity index (χ3v) is 4.57. The van der Waals surface area contributed by atoms with E-state index in [1.807, 2.05) is 42.1 Å². The summed E-state index contributed by atoms with van der Waals surface area (Å²) < 4.78 is 21.0. The van der Waals surface area contributed by atoms with Crippen LogP contribution < -0.4 is 10.1 Å². The minimum atomic E-state index is -0.975. The summed E-state index contributed by atoms with van der Waals surface area (Å²) >= 11 is 0. The van der Waals surface area contributed by atoms with Gasteiger partial charge in [0.15, 0.2) is 0 Å². The minimum Gasteiger partial charge on any atom is -0.494 e. The SMILES string of the molecule is COc1cc(F)c([N+](=O)[O-])cc1Nc1cc(-c2cn(C)c3ccccc23)ncn1. The number of fused-ring (bicyclic) bond motifs is 1. The summed E-state index contributed by atoms with van der Waals surface area (Å²) in [6.07, 6.45) is 3.37. The van der Waals surface area contributed by atoms with Gasteiger partial charge in [-0.3, -0.25) is 10.1 Å². The highest BCUT2D eigenvalue weighted by Crippen LogP contribution is 2.34. The molecule has 0 atom stereocenters. The van der Waals surface area contributed by atoms with E-state index in [-0.39, 0.29) is 11.4 Å². The van der Waals surface area contributed by atoms with Crippen molar-refractivity contribution >= 4 is 28.1 Å². The number of nitrogens with zero attached hydrogens (tertiary/aromatic N) is 4. The fourth-order valence-corrected chi connectivity index (χ4v) is 3.21. The summed E-state index contributed by atoms with van der Waals surface area (Å²) in [6, 6.07) is 11.7. The number of benzene rings is 2. The zero-order chi connectivity index (χ0) is 20.5. The average Bonchev–Trinajstić information content (AvgIpc) is 3.06. The Morgan fingerprint density at radius 1 is 1.21 bits per heavy atom. The molecule has 2 aromatic heterocycles. The van der Waals surface area contributed by atoms with E-state index in [0.29, 0.717) is 11.5 Å². The number of nitro benzene ring substituents is 1. The molecule has 0 unspecified atom stereocenters. The smallest absolute Gasteiger partial charge is 0.307 e. The van der Waals surface area contributed by atoms with E-state index in [9.17, 15) is 14.5 Å². The van der Waals surface area contributed by atoms with Crippen molar-refractivity contribution in [2.24, 2.45) is 7.05 Å². The molecule has 0 saturated carbocycles. The molecule has 8 nitrogen and oxygen atoms in total. The number of para-hydroxylation sites is 1. The first-order valence-electron chi connectivity index (χ1n) is 8.63. The lowest BCUT2D eigenvalue weighted by Crippen LogP contribution is -2.01. The van der Waals surface area contributed by atoms with Crippen molar-refractivity contribution in [2.45, 2.75) is 0 Å². The summed E-state index contributed by atoms with van der Waals surface area (Å²) in [4.78, 5) is 18.8. The minimum absolute atomic E-state index is 0.124. The van der Waals surface area contributed by atoms with Crippen LogP contribution in [0.4, 0.5) is 21.6 Å². The maximum Gasteiger partial charge on any atom is 0.307 e. The van der Waals surface area contributed by atoms with Gasteiger partial charge in [0.1, 0.15) is 17.9 Å². The maximum atomic E-state index is 13.9. The Kier molecular flexibility index (Phi) is 4.55. The van der Waals surface area contributed by atoms with Crippen molar-refractivity contribution in [1.82, 2.24) is 14.5 Å². The molecule has 146 valence electrons. The van der Waals surface area contributed by atoms with Gasteiger partial charge in [-0.15, -0.1) is 0 Å². The van der Waals surface area contributed by atoms with Crippen LogP contribution in [0.1, 0.15) is 0 Å². The Balaban J connectivity index is 1.75. The molecule has 0 spiro atoms. The molecule has 29 heavy (non-hydrogen) atoms. The molecule has 4 aromatic rings. The Labute approximate surface area is 164 Å². The quantitative estimate of drug-likeness (QED) is 0.398. The molecule has 9 heteroatoms. The number of ether oxygens (including phenoxy) is 1. The van der Waals surface area contributed by atoms with E-state index in [1.165, 1.54) is 13.4 Å². The van der Waals surface area contributed by atoms with E-state index in [0.717, 1.165) is 28.6 Å². The highest BCUT2D eigenvalue weighted by Gasteiger charge is 2.19. The molecule has 1 N–H and O–H groups in total. The highest BCUT2D eigenvalue weighted by atomic mass is 19.1. The third kappa shape index (κ3) is 3.33. The molecule has 0 saturated heterocycles. The van der Waals surface area contributed by atoms with Crippen LogP contribution in [0.25, 0.3) is 22.2 Å². The number of halogens is 1. The van der Waals surface area contributed by atoms with E-state index < -0.39 is 16.4 Å². The maximum absolute atomic E-state index is 13.9. The summed E-state index contributed by atoms with van der Waals surface area (Å²) in [7, 11) is 3.31. The summed E-state index contributed by atoms with van der Waals surface area (Å²) in [6.45, 7) is 0. The first-order chi connectivity index (χ1) is 14.0. The molecule has 2 aromatic carbocycles. The normalized spacial score (nSPS) is 10.9. The second-order valence-corrected chi connectivity index (χ2v) is 6.35. The van der Waals surface area contributed by atoms with E-state index in [4.69, 9.17) is 4.74 Å². The molecule has 0 aliphatic rings. The summed E-state index contributed by atoms with van der Waals surface area (Å²) in [5.74, 6) is -0.461. The van der Waals surface area contributed by atoms with Crippen LogP contribution in [0, 0.1) is 15.9 Å². The van der Waals surface area contributed by atoms with Crippen LogP contribution in [0.3, 0.4) is 0 Å². The monoisotopic (exact) mass is 393 g/mol. The number of anilines is 2. The molecule has 0 radical (unpaired) electrons. The van der Waals surface area contributed by atoms with Crippen LogP contribution in [0.15, 0.2) is 55.0 Å². The number of rotatable bonds is 5. The van der Waals surface area contributed by atoms with Gasteiger partial charge in [-0.25, -0.2) is 9.97 Å². The van der Waals surface area contributed by atoms with Gasteiger partial charge in [0.25, 0.3) is 0 Å². The standard InChI is InChI=1S/C20H16FN5O3/c1-25-10-13(12-5-3-4-6-17(12)25)15-9-20(23-11-22-15)24-16-8-18(26(27)28)14(21)7-19(16)29-2/h3-11H,1-2H3,(H,22,23,24). The fourth-order valence-electron chi connectivity index (χ4n) is 3.21. The number of hydrogen-bond acceptors (Lipinski definition) is 6. The fraction of sp³-hybridized carbons (Fsp3) is 0.100. The number of hydrogen-bond donors (Lipinski definition) is 1. The number of methoxy groups -OCH3 is 1. The van der Waals surface area contributed by atoms with E-state index in [1.54, 1.807) is 6.07 Å². The van der Waals surface area contributed by atoms with E-state index in [2.05, 4.69) is 15.3 Å². The number of aromatic nitrogens is 3. The van der Waals surface area contributed by atoms with Crippen molar-refractivity contribution in [3.8, 4) is 17.0 Å². The Morgan fingerprint density at radius 3 is 2.76 bits per heavy atom. The van der Waals surface area contributed by atoms with Crippen LogP contribution >= 0.6 is 0 Å². The Bertz CT molecular complexity index is 1240. The molecule has 0 aliphatic carbocycles. The molecule has 0 aliphatic heterocycles. The van der Waals surface area contributed by atoms with Crippen LogP contribution in [-0.4, -0.2) is 26.6 Å². The van der Waals surface area contributed by atoms with Gasteiger partial charge in [0.05, 0.1) is 23.4 Å². The van der Waals surface area contributed by atoms with E-state index >= 15 is 0 Å². The lowest BCUT2D eigenvalue weighted by molar-refractivity contribution is -0.387. The average molecular weight is 393 g/mol. The molecular weight excluding hydrogens is 377 g/mol. The van der Waals surface area contributed by atoms with Crippen LogP contribution in [0.2, 0.25) is 0 Å². The first-order valence-corrected chi connectivity index (χ1v) is 8.63. The highest BCUT2D eigenvalue weighted by molar-refractivity contribution is 5.95. The second kappa shape index (κ2) is 7.19. The van der Waals surface area contributed by atoms with Crippen molar-refractivity contribution in [2.75, 3.05) is 12.4 Å². The van der Waals surface area contributed by atoms with Crippen LogP contribution in [-0.2, 0) is 7.05 Å². The number of nitro groups is 1. The lowest BCUT2D eigenvalue weighted by atomic mass is 10.1. The van der Waals surface area contributed by atoms with Crippen molar-refractivity contribution in [3.63, 3.8) is 0 Å². The van der Waals surface area contributed by atoms with Gasteiger partial charge in [-0.05, 0) is 6.07 Å². The topological polar surface area (TPSA) is 95.1 Å². The molecule has 0 bridgehead atoms. The van der Waals surface area contributed by atoms with Gasteiger partial charge in [-0.2, -0.15) is 4.39 Å². The molecule has 4 rings (SSSR count). The summed E-state index contributed by atoms with van der Waals surface area (Å²) in [5, 5.41) is 15.1.